The molecule has 122 valence electrons. The second-order valence-corrected chi connectivity index (χ2v) is 6.28. The normalized spacial score (nSPS) is 11.7. The minimum Gasteiger partial charge on any atom is -0.491 e. The molecule has 0 saturated heterocycles. The maximum Gasteiger partial charge on any atom is 0.171 e. The zero-order valence-electron chi connectivity index (χ0n) is 14.1. The van der Waals surface area contributed by atoms with Crippen LogP contribution >= 0.6 is 12.2 Å². The van der Waals surface area contributed by atoms with Crippen LogP contribution in [-0.2, 0) is 0 Å². The minimum atomic E-state index is 0.112. The highest BCUT2D eigenvalue weighted by Gasteiger charge is 2.07. The topological polar surface area (TPSA) is 33.3 Å². The molecule has 0 heterocycles. The number of thiocarbonyl (C=S) groups is 1. The summed E-state index contributed by atoms with van der Waals surface area (Å²) in [6.07, 6.45) is 0. The van der Waals surface area contributed by atoms with E-state index in [0.717, 1.165) is 17.0 Å². The fourth-order valence-electron chi connectivity index (χ4n) is 2.18. The molecule has 0 spiro atoms. The van der Waals surface area contributed by atoms with E-state index in [-0.39, 0.29) is 6.04 Å². The number of benzene rings is 2. The molecule has 0 saturated carbocycles. The molecule has 0 amide bonds. The van der Waals surface area contributed by atoms with Crippen LogP contribution in [0, 0.1) is 20.8 Å². The molecule has 0 unspecified atom stereocenters. The van der Waals surface area contributed by atoms with Crippen molar-refractivity contribution in [3.63, 3.8) is 0 Å². The number of anilines is 1. The highest BCUT2D eigenvalue weighted by molar-refractivity contribution is 7.80. The van der Waals surface area contributed by atoms with Crippen LogP contribution in [-0.4, -0.2) is 17.8 Å². The lowest BCUT2D eigenvalue weighted by molar-refractivity contribution is 0.285. The van der Waals surface area contributed by atoms with Crippen LogP contribution in [0.25, 0.3) is 0 Å². The van der Waals surface area contributed by atoms with Crippen molar-refractivity contribution in [1.29, 1.82) is 0 Å². The van der Waals surface area contributed by atoms with Gasteiger partial charge >= 0.3 is 0 Å². The number of ether oxygens (including phenoxy) is 1. The fraction of sp³-hybridized carbons (Fsp3) is 0.316. The molecule has 4 heteroatoms. The minimum absolute atomic E-state index is 0.112. The number of rotatable bonds is 5. The Morgan fingerprint density at radius 3 is 2.48 bits per heavy atom. The Morgan fingerprint density at radius 1 is 1.04 bits per heavy atom. The third-order valence-corrected chi connectivity index (χ3v) is 3.94. The van der Waals surface area contributed by atoms with Gasteiger partial charge in [0.2, 0.25) is 0 Å². The molecule has 2 N–H and O–H groups in total. The molecule has 0 aliphatic carbocycles. The highest BCUT2D eigenvalue weighted by Crippen LogP contribution is 2.16. The van der Waals surface area contributed by atoms with E-state index < -0.39 is 0 Å². The maximum absolute atomic E-state index is 5.83. The Kier molecular flexibility index (Phi) is 5.99. The lowest BCUT2D eigenvalue weighted by atomic mass is 10.1. The molecule has 2 aromatic carbocycles. The number of hydrogen-bond acceptors (Lipinski definition) is 2. The van der Waals surface area contributed by atoms with E-state index in [0.29, 0.717) is 11.7 Å². The SMILES string of the molecule is Cc1ccc(NC(=S)N[C@@H](C)COc2ccccc2C)cc1C. The van der Waals surface area contributed by atoms with Gasteiger partial charge in [0, 0.05) is 5.69 Å². The molecule has 2 aromatic rings. The zero-order valence-corrected chi connectivity index (χ0v) is 15.0. The van der Waals surface area contributed by atoms with Crippen molar-refractivity contribution in [3.8, 4) is 5.75 Å². The van der Waals surface area contributed by atoms with E-state index in [2.05, 4.69) is 36.6 Å². The molecule has 0 aromatic heterocycles. The van der Waals surface area contributed by atoms with E-state index in [1.807, 2.05) is 44.2 Å². The third-order valence-electron chi connectivity index (χ3n) is 3.72. The number of nitrogens with one attached hydrogen (secondary N) is 2. The van der Waals surface area contributed by atoms with E-state index in [1.165, 1.54) is 11.1 Å². The fourth-order valence-corrected chi connectivity index (χ4v) is 2.50. The standard InChI is InChI=1S/C19H24N2OS/c1-13-9-10-17(11-15(13)3)21-19(23)20-16(4)12-22-18-8-6-5-7-14(18)2/h5-11,16H,12H2,1-4H3,(H2,20,21,23)/t16-/m0/s1. The van der Waals surface area contributed by atoms with Gasteiger partial charge in [0.05, 0.1) is 6.04 Å². The summed E-state index contributed by atoms with van der Waals surface area (Å²) in [5, 5.41) is 7.07. The highest BCUT2D eigenvalue weighted by atomic mass is 32.1. The average Bonchev–Trinajstić information content (AvgIpc) is 2.50. The predicted octanol–water partition coefficient (Wildman–Crippen LogP) is 4.37. The summed E-state index contributed by atoms with van der Waals surface area (Å²) < 4.78 is 5.83. The largest absolute Gasteiger partial charge is 0.491 e. The van der Waals surface area contributed by atoms with Crippen LogP contribution in [0.3, 0.4) is 0 Å². The molecule has 1 atom stereocenters. The van der Waals surface area contributed by atoms with Gasteiger partial charge in [-0.05, 0) is 74.8 Å². The van der Waals surface area contributed by atoms with Crippen LogP contribution < -0.4 is 15.4 Å². The molecule has 2 rings (SSSR count). The van der Waals surface area contributed by atoms with Crippen molar-refractivity contribution in [2.45, 2.75) is 33.7 Å². The molecule has 0 fully saturated rings. The number of para-hydroxylation sites is 1. The molecule has 0 aliphatic heterocycles. The van der Waals surface area contributed by atoms with Crippen molar-refractivity contribution in [2.24, 2.45) is 0 Å². The number of aryl methyl sites for hydroxylation is 3. The summed E-state index contributed by atoms with van der Waals surface area (Å²) >= 11 is 5.37. The van der Waals surface area contributed by atoms with Gasteiger partial charge in [0.15, 0.2) is 5.11 Å². The van der Waals surface area contributed by atoms with Crippen LogP contribution in [0.5, 0.6) is 5.75 Å². The smallest absolute Gasteiger partial charge is 0.171 e. The van der Waals surface area contributed by atoms with Crippen LogP contribution in [0.15, 0.2) is 42.5 Å². The van der Waals surface area contributed by atoms with Gasteiger partial charge in [0.25, 0.3) is 0 Å². The lowest BCUT2D eigenvalue weighted by Gasteiger charge is -2.18. The Bertz CT molecular complexity index is 685. The second-order valence-electron chi connectivity index (χ2n) is 5.88. The van der Waals surface area contributed by atoms with Gasteiger partial charge in [-0.15, -0.1) is 0 Å². The van der Waals surface area contributed by atoms with Gasteiger partial charge in [-0.2, -0.15) is 0 Å². The van der Waals surface area contributed by atoms with Crippen molar-refractivity contribution < 1.29 is 4.74 Å². The van der Waals surface area contributed by atoms with Gasteiger partial charge in [-0.1, -0.05) is 24.3 Å². The van der Waals surface area contributed by atoms with Crippen LogP contribution in [0.4, 0.5) is 5.69 Å². The van der Waals surface area contributed by atoms with Crippen LogP contribution in [0.2, 0.25) is 0 Å². The van der Waals surface area contributed by atoms with Gasteiger partial charge in [0.1, 0.15) is 12.4 Å². The lowest BCUT2D eigenvalue weighted by Crippen LogP contribution is -2.39. The molecule has 3 nitrogen and oxygen atoms in total. The summed E-state index contributed by atoms with van der Waals surface area (Å²) in [7, 11) is 0. The van der Waals surface area contributed by atoms with Crippen molar-refractivity contribution >= 4 is 23.0 Å². The average molecular weight is 328 g/mol. The van der Waals surface area contributed by atoms with E-state index >= 15 is 0 Å². The van der Waals surface area contributed by atoms with Crippen molar-refractivity contribution in [1.82, 2.24) is 5.32 Å². The molecule has 0 bridgehead atoms. The molecule has 0 radical (unpaired) electrons. The Labute approximate surface area is 144 Å². The first kappa shape index (κ1) is 17.3. The summed E-state index contributed by atoms with van der Waals surface area (Å²) in [5.74, 6) is 0.911. The van der Waals surface area contributed by atoms with Gasteiger partial charge in [-0.3, -0.25) is 0 Å². The van der Waals surface area contributed by atoms with E-state index in [4.69, 9.17) is 17.0 Å². The second kappa shape index (κ2) is 7.97. The third kappa shape index (κ3) is 5.25. The zero-order chi connectivity index (χ0) is 16.8. The van der Waals surface area contributed by atoms with Crippen molar-refractivity contribution in [3.05, 3.63) is 59.2 Å². The monoisotopic (exact) mass is 328 g/mol. The quantitative estimate of drug-likeness (QED) is 0.799. The summed E-state index contributed by atoms with van der Waals surface area (Å²) in [4.78, 5) is 0. The Balaban J connectivity index is 1.82. The predicted molar refractivity (Wildman–Crippen MR) is 101 cm³/mol. The Hall–Kier alpha value is -2.07. The maximum atomic E-state index is 5.83. The van der Waals surface area contributed by atoms with E-state index in [9.17, 15) is 0 Å². The van der Waals surface area contributed by atoms with Gasteiger partial charge in [-0.25, -0.2) is 0 Å². The molecular formula is C19H24N2OS. The summed E-state index contributed by atoms with van der Waals surface area (Å²) in [5.41, 5.74) is 4.65. The van der Waals surface area contributed by atoms with Crippen LogP contribution in [0.1, 0.15) is 23.6 Å². The van der Waals surface area contributed by atoms with Crippen molar-refractivity contribution in [2.75, 3.05) is 11.9 Å². The summed E-state index contributed by atoms with van der Waals surface area (Å²) in [6.45, 7) is 8.84. The first-order chi connectivity index (χ1) is 11.0. The van der Waals surface area contributed by atoms with Gasteiger partial charge < -0.3 is 15.4 Å². The molecule has 0 aliphatic rings. The summed E-state index contributed by atoms with van der Waals surface area (Å²) in [6, 6.07) is 14.3. The first-order valence-corrected chi connectivity index (χ1v) is 8.19. The van der Waals surface area contributed by atoms with E-state index in [1.54, 1.807) is 0 Å². The first-order valence-electron chi connectivity index (χ1n) is 7.79. The Morgan fingerprint density at radius 2 is 1.78 bits per heavy atom. The molecular weight excluding hydrogens is 304 g/mol. The number of hydrogen-bond donors (Lipinski definition) is 2. The molecule has 23 heavy (non-hydrogen) atoms.